The van der Waals surface area contributed by atoms with Crippen molar-refractivity contribution in [3.63, 3.8) is 0 Å². The summed E-state index contributed by atoms with van der Waals surface area (Å²) in [4.78, 5) is 0.164. The van der Waals surface area contributed by atoms with E-state index in [0.29, 0.717) is 17.9 Å². The molecule has 1 aromatic carbocycles. The van der Waals surface area contributed by atoms with Gasteiger partial charge in [-0.1, -0.05) is 6.07 Å². The molecule has 1 saturated heterocycles. The number of hydrogen-bond acceptors (Lipinski definition) is 5. The number of thioether (sulfide) groups is 1. The lowest BCUT2D eigenvalue weighted by Crippen LogP contribution is -2.40. The molecule has 1 atom stereocenters. The average Bonchev–Trinajstić information content (AvgIpc) is 3.01. The number of aromatic nitrogens is 2. The first-order valence-corrected chi connectivity index (χ1v) is 9.70. The molecule has 0 N–H and O–H groups in total. The van der Waals surface area contributed by atoms with Crippen LogP contribution in [0.15, 0.2) is 41.6 Å². The van der Waals surface area contributed by atoms with E-state index in [2.05, 4.69) is 5.10 Å². The van der Waals surface area contributed by atoms with Gasteiger partial charge in [0.15, 0.2) is 0 Å². The molecule has 1 aromatic heterocycles. The molecule has 2 aromatic rings. The summed E-state index contributed by atoms with van der Waals surface area (Å²) in [7, 11) is -1.84. The Labute approximate surface area is 139 Å². The third-order valence-electron chi connectivity index (χ3n) is 3.76. The van der Waals surface area contributed by atoms with Crippen molar-refractivity contribution in [1.82, 2.24) is 14.1 Å². The second-order valence-corrected chi connectivity index (χ2v) is 8.33. The Hall–Kier alpha value is -1.82. The van der Waals surface area contributed by atoms with Gasteiger partial charge in [-0.2, -0.15) is 26.4 Å². The minimum Gasteiger partial charge on any atom is -0.275 e. The first-order valence-electron chi connectivity index (χ1n) is 7.10. The van der Waals surface area contributed by atoms with Crippen LogP contribution in [0.3, 0.4) is 0 Å². The Morgan fingerprint density at radius 3 is 2.96 bits per heavy atom. The number of rotatable bonds is 3. The van der Waals surface area contributed by atoms with E-state index < -0.39 is 10.0 Å². The maximum atomic E-state index is 13.0. The Balaban J connectivity index is 2.00. The molecule has 3 rings (SSSR count). The summed E-state index contributed by atoms with van der Waals surface area (Å²) in [5.74, 6) is 1.46. The lowest BCUT2D eigenvalue weighted by Gasteiger charge is -2.33. The molecule has 1 aliphatic heterocycles. The van der Waals surface area contributed by atoms with Gasteiger partial charge in [-0.25, -0.2) is 8.42 Å². The molecule has 0 amide bonds. The Kier molecular flexibility index (Phi) is 4.43. The number of benzene rings is 1. The number of sulfonamides is 1. The summed E-state index contributed by atoms with van der Waals surface area (Å²) in [6.07, 6.45) is 3.57. The summed E-state index contributed by atoms with van der Waals surface area (Å²) >= 11 is 1.73. The molecule has 0 spiro atoms. The highest BCUT2D eigenvalue weighted by Gasteiger charge is 2.35. The van der Waals surface area contributed by atoms with E-state index in [9.17, 15) is 8.42 Å². The van der Waals surface area contributed by atoms with Gasteiger partial charge < -0.3 is 0 Å². The summed E-state index contributed by atoms with van der Waals surface area (Å²) in [5.41, 5.74) is 1.23. The fourth-order valence-electron chi connectivity index (χ4n) is 2.61. The van der Waals surface area contributed by atoms with Crippen molar-refractivity contribution in [3.05, 3.63) is 47.8 Å². The molecule has 1 aliphatic rings. The van der Waals surface area contributed by atoms with E-state index in [1.165, 1.54) is 16.4 Å². The predicted molar refractivity (Wildman–Crippen MR) is 88.3 cm³/mol. The standard InChI is InChI=1S/C15H16N4O2S2/c1-18-10-13(9-17-18)15-11-22-6-5-19(15)23(20,21)14-4-2-3-12(7-14)8-16/h2-4,7,9-10,15H,5-6,11H2,1H3/t15-/m1/s1. The van der Waals surface area contributed by atoms with Crippen LogP contribution >= 0.6 is 11.8 Å². The van der Waals surface area contributed by atoms with E-state index in [1.807, 2.05) is 19.3 Å². The van der Waals surface area contributed by atoms with E-state index in [4.69, 9.17) is 5.26 Å². The molecule has 23 heavy (non-hydrogen) atoms. The molecule has 2 heterocycles. The average molecular weight is 348 g/mol. The van der Waals surface area contributed by atoms with Crippen molar-refractivity contribution in [2.45, 2.75) is 10.9 Å². The van der Waals surface area contributed by atoms with Crippen molar-refractivity contribution in [2.24, 2.45) is 7.05 Å². The third-order valence-corrected chi connectivity index (χ3v) is 6.69. The van der Waals surface area contributed by atoms with Crippen molar-refractivity contribution in [2.75, 3.05) is 18.1 Å². The monoisotopic (exact) mass is 348 g/mol. The Bertz CT molecular complexity index is 854. The first-order chi connectivity index (χ1) is 11.0. The molecule has 0 aliphatic carbocycles. The van der Waals surface area contributed by atoms with Gasteiger partial charge in [-0.05, 0) is 18.2 Å². The second-order valence-electron chi connectivity index (χ2n) is 5.29. The van der Waals surface area contributed by atoms with Crippen LogP contribution in [0.1, 0.15) is 17.2 Å². The summed E-state index contributed by atoms with van der Waals surface area (Å²) in [5, 5.41) is 13.1. The molecular formula is C15H16N4O2S2. The number of nitrogens with zero attached hydrogens (tertiary/aromatic N) is 4. The van der Waals surface area contributed by atoms with E-state index in [-0.39, 0.29) is 10.9 Å². The lowest BCUT2D eigenvalue weighted by molar-refractivity contribution is 0.355. The molecule has 0 radical (unpaired) electrons. The topological polar surface area (TPSA) is 79.0 Å². The SMILES string of the molecule is Cn1cc([C@H]2CSCCN2S(=O)(=O)c2cccc(C#N)c2)cn1. The number of nitriles is 1. The van der Waals surface area contributed by atoms with Gasteiger partial charge >= 0.3 is 0 Å². The summed E-state index contributed by atoms with van der Waals surface area (Å²) in [6, 6.07) is 7.92. The highest BCUT2D eigenvalue weighted by Crippen LogP contribution is 2.34. The second kappa shape index (κ2) is 6.35. The van der Waals surface area contributed by atoms with Crippen LogP contribution in [-0.4, -0.2) is 40.6 Å². The van der Waals surface area contributed by atoms with Crippen molar-refractivity contribution in [3.8, 4) is 6.07 Å². The van der Waals surface area contributed by atoms with Gasteiger partial charge in [0, 0.05) is 36.9 Å². The zero-order valence-electron chi connectivity index (χ0n) is 12.6. The third kappa shape index (κ3) is 3.13. The van der Waals surface area contributed by atoms with Gasteiger partial charge in [-0.15, -0.1) is 0 Å². The molecule has 0 unspecified atom stereocenters. The summed E-state index contributed by atoms with van der Waals surface area (Å²) in [6.45, 7) is 0.448. The van der Waals surface area contributed by atoms with Gasteiger partial charge in [0.1, 0.15) is 0 Å². The summed E-state index contributed by atoms with van der Waals surface area (Å²) < 4.78 is 29.3. The highest BCUT2D eigenvalue weighted by molar-refractivity contribution is 7.99. The van der Waals surface area contributed by atoms with Gasteiger partial charge in [0.05, 0.1) is 28.8 Å². The van der Waals surface area contributed by atoms with Crippen LogP contribution in [0, 0.1) is 11.3 Å². The quantitative estimate of drug-likeness (QED) is 0.845. The smallest absolute Gasteiger partial charge is 0.243 e. The zero-order valence-corrected chi connectivity index (χ0v) is 14.2. The maximum Gasteiger partial charge on any atom is 0.243 e. The molecule has 0 saturated carbocycles. The molecular weight excluding hydrogens is 332 g/mol. The molecule has 8 heteroatoms. The lowest BCUT2D eigenvalue weighted by atomic mass is 10.2. The van der Waals surface area contributed by atoms with Crippen molar-refractivity contribution >= 4 is 21.8 Å². The zero-order chi connectivity index (χ0) is 16.4. The first kappa shape index (κ1) is 16.1. The van der Waals surface area contributed by atoms with Crippen LogP contribution in [0.2, 0.25) is 0 Å². The van der Waals surface area contributed by atoms with E-state index in [1.54, 1.807) is 34.8 Å². The van der Waals surface area contributed by atoms with E-state index >= 15 is 0 Å². The fraction of sp³-hybridized carbons (Fsp3) is 0.333. The van der Waals surface area contributed by atoms with Crippen LogP contribution in [0.25, 0.3) is 0 Å². The van der Waals surface area contributed by atoms with Gasteiger partial charge in [-0.3, -0.25) is 4.68 Å². The van der Waals surface area contributed by atoms with Crippen LogP contribution in [-0.2, 0) is 17.1 Å². The Morgan fingerprint density at radius 2 is 2.26 bits per heavy atom. The van der Waals surface area contributed by atoms with Crippen LogP contribution < -0.4 is 0 Å². The number of hydrogen-bond donors (Lipinski definition) is 0. The predicted octanol–water partition coefficient (Wildman–Crippen LogP) is 1.77. The van der Waals surface area contributed by atoms with Crippen LogP contribution in [0.5, 0.6) is 0 Å². The number of aryl methyl sites for hydroxylation is 1. The van der Waals surface area contributed by atoms with Gasteiger partial charge in [0.2, 0.25) is 10.0 Å². The Morgan fingerprint density at radius 1 is 1.43 bits per heavy atom. The van der Waals surface area contributed by atoms with E-state index in [0.717, 1.165) is 11.3 Å². The minimum absolute atomic E-state index is 0.164. The van der Waals surface area contributed by atoms with Crippen molar-refractivity contribution < 1.29 is 8.42 Å². The highest BCUT2D eigenvalue weighted by atomic mass is 32.2. The van der Waals surface area contributed by atoms with Crippen molar-refractivity contribution in [1.29, 1.82) is 5.26 Å². The maximum absolute atomic E-state index is 13.0. The molecule has 1 fully saturated rings. The molecule has 120 valence electrons. The molecule has 0 bridgehead atoms. The normalized spacial score (nSPS) is 19.4. The van der Waals surface area contributed by atoms with Gasteiger partial charge in [0.25, 0.3) is 0 Å². The largest absolute Gasteiger partial charge is 0.275 e. The van der Waals surface area contributed by atoms with Crippen LogP contribution in [0.4, 0.5) is 0 Å². The molecule has 6 nitrogen and oxygen atoms in total. The fourth-order valence-corrected chi connectivity index (χ4v) is 5.57. The minimum atomic E-state index is -3.65.